The average molecular weight is 266 g/mol. The van der Waals surface area contributed by atoms with Crippen molar-refractivity contribution in [1.82, 2.24) is 25.5 Å². The molecule has 2 rings (SSSR count). The van der Waals surface area contributed by atoms with Gasteiger partial charge in [-0.15, -0.1) is 5.10 Å². The van der Waals surface area contributed by atoms with Crippen LogP contribution in [0.3, 0.4) is 0 Å². The second-order valence-corrected chi connectivity index (χ2v) is 3.43. The van der Waals surface area contributed by atoms with Gasteiger partial charge in [-0.1, -0.05) is 5.10 Å². The normalized spacial score (nSPS) is 10.3. The van der Waals surface area contributed by atoms with E-state index in [0.29, 0.717) is 24.2 Å². The quantitative estimate of drug-likeness (QED) is 0.765. The van der Waals surface area contributed by atoms with Crippen LogP contribution in [0.15, 0.2) is 10.5 Å². The van der Waals surface area contributed by atoms with E-state index in [4.69, 9.17) is 13.9 Å². The number of anilines is 2. The van der Waals surface area contributed by atoms with Crippen LogP contribution < -0.4 is 20.1 Å². The Balaban J connectivity index is 2.16. The summed E-state index contributed by atoms with van der Waals surface area (Å²) in [6, 6.07) is 1.76. The number of methoxy groups -OCH3 is 2. The molecule has 0 amide bonds. The second kappa shape index (κ2) is 5.96. The third-order valence-corrected chi connectivity index (χ3v) is 2.11. The molecular weight excluding hydrogens is 252 g/mol. The summed E-state index contributed by atoms with van der Waals surface area (Å²) in [7, 11) is 4.79. The van der Waals surface area contributed by atoms with Crippen LogP contribution in [0.2, 0.25) is 0 Å². The van der Waals surface area contributed by atoms with Crippen molar-refractivity contribution in [2.45, 2.75) is 6.54 Å². The molecule has 0 saturated carbocycles. The van der Waals surface area contributed by atoms with Crippen molar-refractivity contribution in [3.63, 3.8) is 0 Å². The van der Waals surface area contributed by atoms with E-state index in [-0.39, 0.29) is 12.0 Å². The predicted octanol–water partition coefficient (Wildman–Crippen LogP) is 0.340. The van der Waals surface area contributed by atoms with Crippen LogP contribution >= 0.6 is 0 Å². The molecule has 19 heavy (non-hydrogen) atoms. The molecule has 0 aliphatic heterocycles. The Morgan fingerprint density at radius 1 is 1.16 bits per heavy atom. The smallest absolute Gasteiger partial charge is 0.322 e. The van der Waals surface area contributed by atoms with Crippen LogP contribution in [0, 0.1) is 0 Å². The highest BCUT2D eigenvalue weighted by Crippen LogP contribution is 2.19. The maximum Gasteiger partial charge on any atom is 0.322 e. The Morgan fingerprint density at radius 3 is 2.42 bits per heavy atom. The van der Waals surface area contributed by atoms with Crippen LogP contribution in [0.25, 0.3) is 0 Å². The standard InChI is InChI=1S/C10H14N6O3/c1-11-5-8-15-16-10(19-8)14-9-12-6(17-2)4-7(13-9)18-3/h4,11H,5H2,1-3H3,(H,12,13,14,16). The van der Waals surface area contributed by atoms with Crippen LogP contribution in [-0.2, 0) is 6.54 Å². The molecule has 0 atom stereocenters. The van der Waals surface area contributed by atoms with E-state index in [9.17, 15) is 0 Å². The van der Waals surface area contributed by atoms with Crippen molar-refractivity contribution in [3.8, 4) is 11.8 Å². The zero-order chi connectivity index (χ0) is 13.7. The fourth-order valence-corrected chi connectivity index (χ4v) is 1.29. The first-order chi connectivity index (χ1) is 9.25. The summed E-state index contributed by atoms with van der Waals surface area (Å²) in [5, 5.41) is 13.3. The molecule has 0 fully saturated rings. The molecule has 9 heteroatoms. The van der Waals surface area contributed by atoms with E-state index in [2.05, 4.69) is 30.8 Å². The zero-order valence-electron chi connectivity index (χ0n) is 10.8. The Labute approximate surface area is 109 Å². The molecule has 0 aliphatic carbocycles. The van der Waals surface area contributed by atoms with Crippen molar-refractivity contribution in [2.75, 3.05) is 26.6 Å². The van der Waals surface area contributed by atoms with Crippen LogP contribution in [0.5, 0.6) is 11.8 Å². The van der Waals surface area contributed by atoms with Gasteiger partial charge in [-0.3, -0.25) is 5.32 Å². The second-order valence-electron chi connectivity index (χ2n) is 3.43. The molecule has 0 bridgehead atoms. The van der Waals surface area contributed by atoms with Crippen molar-refractivity contribution in [3.05, 3.63) is 12.0 Å². The number of aromatic nitrogens is 4. The first kappa shape index (κ1) is 13.0. The Hall–Kier alpha value is -2.42. The van der Waals surface area contributed by atoms with Crippen LogP contribution in [0.4, 0.5) is 12.0 Å². The maximum atomic E-state index is 5.32. The molecule has 2 aromatic heterocycles. The van der Waals surface area contributed by atoms with Gasteiger partial charge in [0.25, 0.3) is 0 Å². The molecule has 2 heterocycles. The maximum absolute atomic E-state index is 5.32. The fourth-order valence-electron chi connectivity index (χ4n) is 1.29. The minimum absolute atomic E-state index is 0.195. The molecule has 9 nitrogen and oxygen atoms in total. The number of nitrogens with zero attached hydrogens (tertiary/aromatic N) is 4. The molecule has 0 radical (unpaired) electrons. The van der Waals surface area contributed by atoms with Crippen molar-refractivity contribution < 1.29 is 13.9 Å². The minimum Gasteiger partial charge on any atom is -0.481 e. The lowest BCUT2D eigenvalue weighted by molar-refractivity contribution is 0.373. The van der Waals surface area contributed by atoms with E-state index in [1.54, 1.807) is 13.1 Å². The minimum atomic E-state index is 0.195. The highest BCUT2D eigenvalue weighted by Gasteiger charge is 2.10. The number of nitrogens with one attached hydrogen (secondary N) is 2. The van der Waals surface area contributed by atoms with Gasteiger partial charge in [-0.05, 0) is 7.05 Å². The van der Waals surface area contributed by atoms with Gasteiger partial charge in [0.05, 0.1) is 26.8 Å². The topological polar surface area (TPSA) is 107 Å². The van der Waals surface area contributed by atoms with E-state index < -0.39 is 0 Å². The van der Waals surface area contributed by atoms with Crippen molar-refractivity contribution in [1.29, 1.82) is 0 Å². The molecule has 2 aromatic rings. The number of rotatable bonds is 6. The monoisotopic (exact) mass is 266 g/mol. The SMILES string of the molecule is CNCc1nnc(Nc2nc(OC)cc(OC)n2)o1. The number of ether oxygens (including phenoxy) is 2. The van der Waals surface area contributed by atoms with Crippen molar-refractivity contribution in [2.24, 2.45) is 0 Å². The largest absolute Gasteiger partial charge is 0.481 e. The lowest BCUT2D eigenvalue weighted by atomic mass is 10.6. The van der Waals surface area contributed by atoms with Crippen LogP contribution in [0.1, 0.15) is 5.89 Å². The molecule has 0 aromatic carbocycles. The average Bonchev–Trinajstić information content (AvgIpc) is 2.86. The summed E-state index contributed by atoms with van der Waals surface area (Å²) >= 11 is 0. The highest BCUT2D eigenvalue weighted by atomic mass is 16.5. The van der Waals surface area contributed by atoms with Gasteiger partial charge in [0, 0.05) is 0 Å². The first-order valence-corrected chi connectivity index (χ1v) is 5.46. The van der Waals surface area contributed by atoms with Gasteiger partial charge >= 0.3 is 6.01 Å². The summed E-state index contributed by atoms with van der Waals surface area (Å²) in [6.07, 6.45) is 0. The zero-order valence-corrected chi connectivity index (χ0v) is 10.8. The molecule has 0 spiro atoms. The molecule has 0 aliphatic rings. The molecule has 0 saturated heterocycles. The van der Waals surface area contributed by atoms with E-state index in [1.165, 1.54) is 14.2 Å². The van der Waals surface area contributed by atoms with Gasteiger partial charge in [-0.25, -0.2) is 0 Å². The summed E-state index contributed by atoms with van der Waals surface area (Å²) in [5.74, 6) is 1.43. The Morgan fingerprint density at radius 2 is 1.84 bits per heavy atom. The van der Waals surface area contributed by atoms with Gasteiger partial charge in [-0.2, -0.15) is 9.97 Å². The molecular formula is C10H14N6O3. The van der Waals surface area contributed by atoms with Gasteiger partial charge in [0.15, 0.2) is 0 Å². The van der Waals surface area contributed by atoms with E-state index >= 15 is 0 Å². The summed E-state index contributed by atoms with van der Waals surface area (Å²) < 4.78 is 15.4. The Kier molecular flexibility index (Phi) is 4.08. The van der Waals surface area contributed by atoms with Crippen LogP contribution in [-0.4, -0.2) is 41.4 Å². The van der Waals surface area contributed by atoms with Gasteiger partial charge in [0.2, 0.25) is 23.6 Å². The molecule has 0 unspecified atom stereocenters. The summed E-state index contributed by atoms with van der Waals surface area (Å²) in [4.78, 5) is 8.17. The lowest BCUT2D eigenvalue weighted by Gasteiger charge is -2.05. The first-order valence-electron chi connectivity index (χ1n) is 5.46. The highest BCUT2D eigenvalue weighted by molar-refractivity contribution is 5.42. The third kappa shape index (κ3) is 3.28. The summed E-state index contributed by atoms with van der Waals surface area (Å²) in [6.45, 7) is 0.483. The molecule has 102 valence electrons. The fraction of sp³-hybridized carbons (Fsp3) is 0.400. The van der Waals surface area contributed by atoms with E-state index in [1.807, 2.05) is 0 Å². The summed E-state index contributed by atoms with van der Waals surface area (Å²) in [5.41, 5.74) is 0. The van der Waals surface area contributed by atoms with Gasteiger partial charge < -0.3 is 19.2 Å². The predicted molar refractivity (Wildman–Crippen MR) is 65.5 cm³/mol. The molecule has 2 N–H and O–H groups in total. The van der Waals surface area contributed by atoms with E-state index in [0.717, 1.165) is 0 Å². The lowest BCUT2D eigenvalue weighted by Crippen LogP contribution is -2.04. The number of hydrogen-bond acceptors (Lipinski definition) is 9. The third-order valence-electron chi connectivity index (χ3n) is 2.11. The number of hydrogen-bond donors (Lipinski definition) is 2. The Bertz CT molecular complexity index is 522. The van der Waals surface area contributed by atoms with Gasteiger partial charge in [0.1, 0.15) is 0 Å². The van der Waals surface area contributed by atoms with Crippen molar-refractivity contribution >= 4 is 12.0 Å².